The third-order valence-electron chi connectivity index (χ3n) is 2.44. The number of benzene rings is 1. The molecule has 18 heavy (non-hydrogen) atoms. The van der Waals surface area contributed by atoms with E-state index in [1.807, 2.05) is 30.3 Å². The summed E-state index contributed by atoms with van der Waals surface area (Å²) in [6, 6.07) is 9.74. The van der Waals surface area contributed by atoms with Gasteiger partial charge in [0.05, 0.1) is 19.3 Å². The number of primary amides is 1. The SMILES string of the molecule is CN(CC(N)=O)Cc1ncc(-c2ccccc2)o1. The first-order valence-corrected chi connectivity index (χ1v) is 5.62. The third-order valence-corrected chi connectivity index (χ3v) is 2.44. The first-order chi connectivity index (χ1) is 8.65. The summed E-state index contributed by atoms with van der Waals surface area (Å²) in [5, 5.41) is 0. The molecule has 1 aromatic heterocycles. The van der Waals surface area contributed by atoms with Crippen LogP contribution in [0.5, 0.6) is 0 Å². The van der Waals surface area contributed by atoms with Crippen molar-refractivity contribution in [3.8, 4) is 11.3 Å². The van der Waals surface area contributed by atoms with Gasteiger partial charge in [-0.05, 0) is 7.05 Å². The lowest BCUT2D eigenvalue weighted by molar-refractivity contribution is -0.119. The Hall–Kier alpha value is -2.14. The average Bonchev–Trinajstić information content (AvgIpc) is 2.77. The van der Waals surface area contributed by atoms with Crippen molar-refractivity contribution < 1.29 is 9.21 Å². The maximum atomic E-state index is 10.8. The quantitative estimate of drug-likeness (QED) is 0.860. The maximum absolute atomic E-state index is 10.8. The predicted octanol–water partition coefficient (Wildman–Crippen LogP) is 1.26. The molecule has 0 saturated carbocycles. The van der Waals surface area contributed by atoms with Crippen LogP contribution in [0.3, 0.4) is 0 Å². The summed E-state index contributed by atoms with van der Waals surface area (Å²) in [4.78, 5) is 16.7. The number of rotatable bonds is 5. The summed E-state index contributed by atoms with van der Waals surface area (Å²) in [5.74, 6) is 0.919. The highest BCUT2D eigenvalue weighted by Gasteiger charge is 2.09. The molecule has 1 heterocycles. The Labute approximate surface area is 105 Å². The van der Waals surface area contributed by atoms with Crippen LogP contribution >= 0.6 is 0 Å². The zero-order valence-electron chi connectivity index (χ0n) is 10.2. The van der Waals surface area contributed by atoms with Gasteiger partial charge in [0.15, 0.2) is 5.76 Å². The number of hydrogen-bond acceptors (Lipinski definition) is 4. The van der Waals surface area contributed by atoms with Gasteiger partial charge in [-0.25, -0.2) is 4.98 Å². The molecule has 0 aliphatic heterocycles. The molecule has 1 aromatic carbocycles. The summed E-state index contributed by atoms with van der Waals surface area (Å²) >= 11 is 0. The number of likely N-dealkylation sites (N-methyl/N-ethyl adjacent to an activating group) is 1. The molecule has 0 radical (unpaired) electrons. The van der Waals surface area contributed by atoms with E-state index < -0.39 is 0 Å². The molecule has 5 nitrogen and oxygen atoms in total. The molecule has 1 amide bonds. The van der Waals surface area contributed by atoms with E-state index >= 15 is 0 Å². The molecule has 2 N–H and O–H groups in total. The van der Waals surface area contributed by atoms with Gasteiger partial charge >= 0.3 is 0 Å². The number of hydrogen-bond donors (Lipinski definition) is 1. The highest BCUT2D eigenvalue weighted by Crippen LogP contribution is 2.20. The number of oxazole rings is 1. The van der Waals surface area contributed by atoms with Crippen LogP contribution in [-0.2, 0) is 11.3 Å². The molecule has 0 spiro atoms. The normalized spacial score (nSPS) is 10.8. The van der Waals surface area contributed by atoms with E-state index in [9.17, 15) is 4.79 Å². The minimum Gasteiger partial charge on any atom is -0.439 e. The van der Waals surface area contributed by atoms with Crippen molar-refractivity contribution in [1.29, 1.82) is 0 Å². The smallest absolute Gasteiger partial charge is 0.231 e. The zero-order valence-corrected chi connectivity index (χ0v) is 10.2. The van der Waals surface area contributed by atoms with Gasteiger partial charge in [0, 0.05) is 5.56 Å². The van der Waals surface area contributed by atoms with Crippen molar-refractivity contribution in [1.82, 2.24) is 9.88 Å². The second-order valence-corrected chi connectivity index (χ2v) is 4.12. The van der Waals surface area contributed by atoms with Gasteiger partial charge in [-0.15, -0.1) is 0 Å². The van der Waals surface area contributed by atoms with Crippen LogP contribution in [0.15, 0.2) is 40.9 Å². The van der Waals surface area contributed by atoms with Crippen molar-refractivity contribution in [3.05, 3.63) is 42.4 Å². The fourth-order valence-corrected chi connectivity index (χ4v) is 1.67. The molecule has 0 unspecified atom stereocenters. The van der Waals surface area contributed by atoms with E-state index in [0.29, 0.717) is 12.4 Å². The second kappa shape index (κ2) is 5.46. The van der Waals surface area contributed by atoms with Gasteiger partial charge in [-0.1, -0.05) is 30.3 Å². The van der Waals surface area contributed by atoms with Crippen LogP contribution in [0.25, 0.3) is 11.3 Å². The van der Waals surface area contributed by atoms with Crippen LogP contribution in [0.4, 0.5) is 0 Å². The Morgan fingerprint density at radius 1 is 1.39 bits per heavy atom. The van der Waals surface area contributed by atoms with E-state index in [2.05, 4.69) is 4.98 Å². The van der Waals surface area contributed by atoms with Gasteiger partial charge in [0.25, 0.3) is 0 Å². The van der Waals surface area contributed by atoms with E-state index in [-0.39, 0.29) is 12.5 Å². The number of nitrogens with two attached hydrogens (primary N) is 1. The molecular weight excluding hydrogens is 230 g/mol. The molecular formula is C13H15N3O2. The Morgan fingerprint density at radius 2 is 2.11 bits per heavy atom. The third kappa shape index (κ3) is 3.18. The molecule has 5 heteroatoms. The Balaban J connectivity index is 2.05. The van der Waals surface area contributed by atoms with Crippen LogP contribution in [0, 0.1) is 0 Å². The number of amides is 1. The van der Waals surface area contributed by atoms with Crippen molar-refractivity contribution in [2.45, 2.75) is 6.54 Å². The van der Waals surface area contributed by atoms with Gasteiger partial charge in [-0.2, -0.15) is 0 Å². The van der Waals surface area contributed by atoms with Crippen LogP contribution in [0.2, 0.25) is 0 Å². The number of carbonyl (C=O) groups is 1. The van der Waals surface area contributed by atoms with Crippen LogP contribution in [-0.4, -0.2) is 29.4 Å². The number of nitrogens with zero attached hydrogens (tertiary/aromatic N) is 2. The van der Waals surface area contributed by atoms with Crippen molar-refractivity contribution in [2.24, 2.45) is 5.73 Å². The predicted molar refractivity (Wildman–Crippen MR) is 67.5 cm³/mol. The molecule has 0 aliphatic rings. The van der Waals surface area contributed by atoms with Gasteiger partial charge < -0.3 is 10.2 Å². The lowest BCUT2D eigenvalue weighted by Gasteiger charge is -2.11. The Kier molecular flexibility index (Phi) is 3.74. The zero-order chi connectivity index (χ0) is 13.0. The summed E-state index contributed by atoms with van der Waals surface area (Å²) in [5.41, 5.74) is 6.09. The number of carbonyl (C=O) groups excluding carboxylic acids is 1. The first kappa shape index (κ1) is 12.3. The van der Waals surface area contributed by atoms with Crippen molar-refractivity contribution >= 4 is 5.91 Å². The standard InChI is InChI=1S/C13H15N3O2/c1-16(8-12(14)17)9-13-15-7-11(18-13)10-5-3-2-4-6-10/h2-7H,8-9H2,1H3,(H2,14,17). The van der Waals surface area contributed by atoms with Crippen molar-refractivity contribution in [2.75, 3.05) is 13.6 Å². The molecule has 0 bridgehead atoms. The highest BCUT2D eigenvalue weighted by molar-refractivity contribution is 5.75. The Bertz CT molecular complexity index is 522. The Morgan fingerprint density at radius 3 is 2.78 bits per heavy atom. The van der Waals surface area contributed by atoms with Crippen LogP contribution < -0.4 is 5.73 Å². The molecule has 0 fully saturated rings. The minimum absolute atomic E-state index is 0.184. The average molecular weight is 245 g/mol. The summed E-state index contributed by atoms with van der Waals surface area (Å²) < 4.78 is 5.62. The van der Waals surface area contributed by atoms with Gasteiger partial charge in [0.2, 0.25) is 11.8 Å². The molecule has 0 aliphatic carbocycles. The van der Waals surface area contributed by atoms with Gasteiger partial charge in [0.1, 0.15) is 0 Å². The maximum Gasteiger partial charge on any atom is 0.231 e. The van der Waals surface area contributed by atoms with E-state index in [4.69, 9.17) is 10.2 Å². The van der Waals surface area contributed by atoms with Crippen molar-refractivity contribution in [3.63, 3.8) is 0 Å². The minimum atomic E-state index is -0.368. The number of aromatic nitrogens is 1. The molecule has 0 atom stereocenters. The summed E-state index contributed by atoms with van der Waals surface area (Å²) in [6.45, 7) is 0.638. The van der Waals surface area contributed by atoms with E-state index in [1.165, 1.54) is 0 Å². The van der Waals surface area contributed by atoms with E-state index in [1.54, 1.807) is 18.1 Å². The largest absolute Gasteiger partial charge is 0.439 e. The fourth-order valence-electron chi connectivity index (χ4n) is 1.67. The lowest BCUT2D eigenvalue weighted by atomic mass is 10.2. The van der Waals surface area contributed by atoms with E-state index in [0.717, 1.165) is 11.3 Å². The fraction of sp³-hybridized carbons (Fsp3) is 0.231. The molecule has 0 saturated heterocycles. The second-order valence-electron chi connectivity index (χ2n) is 4.12. The monoisotopic (exact) mass is 245 g/mol. The molecule has 2 aromatic rings. The lowest BCUT2D eigenvalue weighted by Crippen LogP contribution is -2.30. The van der Waals surface area contributed by atoms with Gasteiger partial charge in [-0.3, -0.25) is 9.69 Å². The summed E-state index contributed by atoms with van der Waals surface area (Å²) in [7, 11) is 1.79. The molecule has 94 valence electrons. The van der Waals surface area contributed by atoms with Crippen LogP contribution in [0.1, 0.15) is 5.89 Å². The highest BCUT2D eigenvalue weighted by atomic mass is 16.4. The first-order valence-electron chi connectivity index (χ1n) is 5.62. The molecule has 2 rings (SSSR count). The topological polar surface area (TPSA) is 72.4 Å². The summed E-state index contributed by atoms with van der Waals surface area (Å²) in [6.07, 6.45) is 1.68.